The summed E-state index contributed by atoms with van der Waals surface area (Å²) in [5.41, 5.74) is 1.49. The molecule has 0 unspecified atom stereocenters. The van der Waals surface area contributed by atoms with E-state index in [0.29, 0.717) is 34.7 Å². The average molecular weight is 379 g/mol. The van der Waals surface area contributed by atoms with Crippen LogP contribution in [-0.4, -0.2) is 24.6 Å². The lowest BCUT2D eigenvalue weighted by atomic mass is 10.1. The first-order valence-corrected chi connectivity index (χ1v) is 8.12. The van der Waals surface area contributed by atoms with E-state index < -0.39 is 0 Å². The van der Waals surface area contributed by atoms with Crippen LogP contribution in [0.5, 0.6) is 11.5 Å². The third-order valence-corrected chi connectivity index (χ3v) is 3.73. The van der Waals surface area contributed by atoms with Crippen molar-refractivity contribution in [2.45, 2.75) is 19.9 Å². The molecule has 2 aromatic rings. The van der Waals surface area contributed by atoms with Gasteiger partial charge in [0.15, 0.2) is 11.5 Å². The van der Waals surface area contributed by atoms with Crippen LogP contribution in [-0.2, 0) is 6.54 Å². The molecule has 2 rings (SSSR count). The normalized spacial score (nSPS) is 10.2. The van der Waals surface area contributed by atoms with Crippen molar-refractivity contribution in [3.8, 4) is 11.5 Å². The molecule has 0 bridgehead atoms. The lowest BCUT2D eigenvalue weighted by molar-refractivity contribution is 0.0950. The minimum Gasteiger partial charge on any atom is -0.493 e. The summed E-state index contributed by atoms with van der Waals surface area (Å²) in [7, 11) is 1.55. The fraction of sp³-hybridized carbons (Fsp3) is 0.294. The standard InChI is InChI=1S/C17H19BrN2O3/c1-3-8-23-16-14(18)9-13(10-15(16)22-2)17(21)20-11-12-4-6-19-7-5-12/h4-7,9-10H,3,8,11H2,1-2H3,(H,20,21). The minimum absolute atomic E-state index is 0.178. The highest BCUT2D eigenvalue weighted by Crippen LogP contribution is 2.36. The number of hydrogen-bond donors (Lipinski definition) is 1. The number of benzene rings is 1. The summed E-state index contributed by atoms with van der Waals surface area (Å²) >= 11 is 3.44. The molecule has 1 aromatic heterocycles. The number of aromatic nitrogens is 1. The van der Waals surface area contributed by atoms with Crippen LogP contribution in [0, 0.1) is 0 Å². The Balaban J connectivity index is 2.12. The molecule has 1 aromatic carbocycles. The quantitative estimate of drug-likeness (QED) is 0.799. The Morgan fingerprint density at radius 3 is 2.70 bits per heavy atom. The summed E-state index contributed by atoms with van der Waals surface area (Å²) in [6, 6.07) is 7.13. The number of methoxy groups -OCH3 is 1. The summed E-state index contributed by atoms with van der Waals surface area (Å²) < 4.78 is 11.7. The molecule has 0 saturated heterocycles. The van der Waals surface area contributed by atoms with E-state index in [0.717, 1.165) is 12.0 Å². The van der Waals surface area contributed by atoms with Gasteiger partial charge in [0.05, 0.1) is 18.2 Å². The molecule has 6 heteroatoms. The van der Waals surface area contributed by atoms with E-state index in [1.54, 1.807) is 31.6 Å². The maximum Gasteiger partial charge on any atom is 0.251 e. The van der Waals surface area contributed by atoms with Crippen LogP contribution in [0.2, 0.25) is 0 Å². The van der Waals surface area contributed by atoms with Gasteiger partial charge in [0.2, 0.25) is 0 Å². The highest BCUT2D eigenvalue weighted by Gasteiger charge is 2.15. The predicted molar refractivity (Wildman–Crippen MR) is 91.9 cm³/mol. The Morgan fingerprint density at radius 1 is 1.30 bits per heavy atom. The van der Waals surface area contributed by atoms with Crippen molar-refractivity contribution in [1.29, 1.82) is 0 Å². The van der Waals surface area contributed by atoms with Crippen molar-refractivity contribution in [3.05, 3.63) is 52.3 Å². The lowest BCUT2D eigenvalue weighted by Gasteiger charge is -2.14. The molecule has 23 heavy (non-hydrogen) atoms. The fourth-order valence-electron chi connectivity index (χ4n) is 1.98. The van der Waals surface area contributed by atoms with Gasteiger partial charge in [-0.1, -0.05) is 6.92 Å². The number of amides is 1. The van der Waals surface area contributed by atoms with Crippen LogP contribution in [0.3, 0.4) is 0 Å². The zero-order valence-electron chi connectivity index (χ0n) is 13.1. The molecule has 0 radical (unpaired) electrons. The number of hydrogen-bond acceptors (Lipinski definition) is 4. The minimum atomic E-state index is -0.178. The summed E-state index contributed by atoms with van der Waals surface area (Å²) in [5, 5.41) is 2.87. The number of ether oxygens (including phenoxy) is 2. The smallest absolute Gasteiger partial charge is 0.251 e. The molecule has 0 spiro atoms. The summed E-state index contributed by atoms with van der Waals surface area (Å²) in [6.45, 7) is 3.05. The van der Waals surface area contributed by atoms with Gasteiger partial charge in [-0.3, -0.25) is 9.78 Å². The molecule has 1 heterocycles. The van der Waals surface area contributed by atoms with Crippen molar-refractivity contribution in [2.24, 2.45) is 0 Å². The number of nitrogens with zero attached hydrogens (tertiary/aromatic N) is 1. The monoisotopic (exact) mass is 378 g/mol. The van der Waals surface area contributed by atoms with Gasteiger partial charge < -0.3 is 14.8 Å². The lowest BCUT2D eigenvalue weighted by Crippen LogP contribution is -2.22. The number of carbonyl (C=O) groups is 1. The molecular weight excluding hydrogens is 360 g/mol. The third-order valence-electron chi connectivity index (χ3n) is 3.14. The van der Waals surface area contributed by atoms with Gasteiger partial charge >= 0.3 is 0 Å². The highest BCUT2D eigenvalue weighted by molar-refractivity contribution is 9.10. The molecule has 0 atom stereocenters. The van der Waals surface area contributed by atoms with Crippen molar-refractivity contribution in [3.63, 3.8) is 0 Å². The topological polar surface area (TPSA) is 60.5 Å². The number of pyridine rings is 1. The molecule has 0 aliphatic heterocycles. The van der Waals surface area contributed by atoms with E-state index in [9.17, 15) is 4.79 Å². The highest BCUT2D eigenvalue weighted by atomic mass is 79.9. The first-order chi connectivity index (χ1) is 11.2. The zero-order valence-corrected chi connectivity index (χ0v) is 14.7. The molecule has 0 aliphatic carbocycles. The first kappa shape index (κ1) is 17.3. The Labute approximate surface area is 144 Å². The summed E-state index contributed by atoms with van der Waals surface area (Å²) in [6.07, 6.45) is 4.28. The second-order valence-corrected chi connectivity index (χ2v) is 5.73. The molecule has 0 saturated carbocycles. The Bertz CT molecular complexity index is 662. The molecular formula is C17H19BrN2O3. The average Bonchev–Trinajstić information content (AvgIpc) is 2.58. The van der Waals surface area contributed by atoms with Gasteiger partial charge in [0.1, 0.15) is 0 Å². The van der Waals surface area contributed by atoms with E-state index in [2.05, 4.69) is 26.2 Å². The predicted octanol–water partition coefficient (Wildman–Crippen LogP) is 3.57. The molecule has 1 N–H and O–H groups in total. The zero-order chi connectivity index (χ0) is 16.7. The van der Waals surface area contributed by atoms with Gasteiger partial charge in [-0.05, 0) is 52.2 Å². The molecule has 5 nitrogen and oxygen atoms in total. The first-order valence-electron chi connectivity index (χ1n) is 7.33. The largest absolute Gasteiger partial charge is 0.493 e. The summed E-state index contributed by atoms with van der Waals surface area (Å²) in [5.74, 6) is 0.963. The number of halogens is 1. The fourth-order valence-corrected chi connectivity index (χ4v) is 2.54. The van der Waals surface area contributed by atoms with Gasteiger partial charge in [0, 0.05) is 24.5 Å². The van der Waals surface area contributed by atoms with Crippen molar-refractivity contribution < 1.29 is 14.3 Å². The van der Waals surface area contributed by atoms with Crippen LogP contribution >= 0.6 is 15.9 Å². The Hall–Kier alpha value is -2.08. The van der Waals surface area contributed by atoms with Gasteiger partial charge in [-0.2, -0.15) is 0 Å². The van der Waals surface area contributed by atoms with Crippen LogP contribution < -0.4 is 14.8 Å². The van der Waals surface area contributed by atoms with Crippen molar-refractivity contribution in [2.75, 3.05) is 13.7 Å². The van der Waals surface area contributed by atoms with E-state index in [4.69, 9.17) is 9.47 Å². The molecule has 122 valence electrons. The molecule has 0 aliphatic rings. The molecule has 1 amide bonds. The van der Waals surface area contributed by atoms with E-state index >= 15 is 0 Å². The van der Waals surface area contributed by atoms with Crippen LogP contribution in [0.15, 0.2) is 41.1 Å². The number of rotatable bonds is 7. The molecule has 0 fully saturated rings. The van der Waals surface area contributed by atoms with Crippen LogP contribution in [0.25, 0.3) is 0 Å². The third kappa shape index (κ3) is 4.69. The van der Waals surface area contributed by atoms with Crippen LogP contribution in [0.1, 0.15) is 29.3 Å². The van der Waals surface area contributed by atoms with E-state index in [-0.39, 0.29) is 5.91 Å². The number of carbonyl (C=O) groups excluding carboxylic acids is 1. The van der Waals surface area contributed by atoms with Crippen molar-refractivity contribution in [1.82, 2.24) is 10.3 Å². The van der Waals surface area contributed by atoms with Crippen LogP contribution in [0.4, 0.5) is 0 Å². The Kier molecular flexibility index (Phi) is 6.40. The van der Waals surface area contributed by atoms with E-state index in [1.165, 1.54) is 0 Å². The van der Waals surface area contributed by atoms with Gasteiger partial charge in [0.25, 0.3) is 5.91 Å². The van der Waals surface area contributed by atoms with Gasteiger partial charge in [-0.15, -0.1) is 0 Å². The Morgan fingerprint density at radius 2 is 2.04 bits per heavy atom. The van der Waals surface area contributed by atoms with Gasteiger partial charge in [-0.25, -0.2) is 0 Å². The second-order valence-electron chi connectivity index (χ2n) is 4.88. The SMILES string of the molecule is CCCOc1c(Br)cc(C(=O)NCc2ccncc2)cc1OC. The maximum absolute atomic E-state index is 12.3. The number of nitrogens with one attached hydrogen (secondary N) is 1. The second kappa shape index (κ2) is 8.53. The van der Waals surface area contributed by atoms with Crippen molar-refractivity contribution >= 4 is 21.8 Å². The maximum atomic E-state index is 12.3. The van der Waals surface area contributed by atoms with E-state index in [1.807, 2.05) is 19.1 Å². The summed E-state index contributed by atoms with van der Waals surface area (Å²) in [4.78, 5) is 16.3.